The second kappa shape index (κ2) is 8.02. The highest BCUT2D eigenvalue weighted by atomic mass is 16.3. The lowest BCUT2D eigenvalue weighted by Crippen LogP contribution is -2.35. The van der Waals surface area contributed by atoms with Gasteiger partial charge in [0.1, 0.15) is 12.1 Å². The Labute approximate surface area is 189 Å². The Hall–Kier alpha value is -4.26. The van der Waals surface area contributed by atoms with E-state index in [1.165, 1.54) is 9.58 Å². The molecule has 0 aliphatic heterocycles. The Balaban J connectivity index is 1.54. The largest absolute Gasteiger partial charge is 0.441 e. The van der Waals surface area contributed by atoms with E-state index >= 15 is 0 Å². The second-order valence-corrected chi connectivity index (χ2v) is 8.06. The molecule has 1 amide bonds. The Morgan fingerprint density at radius 1 is 1.00 bits per heavy atom. The molecule has 2 aromatic heterocycles. The minimum atomic E-state index is -0.301. The van der Waals surface area contributed by atoms with E-state index in [1.807, 2.05) is 49.4 Å². The van der Waals surface area contributed by atoms with Crippen LogP contribution in [-0.4, -0.2) is 27.7 Å². The summed E-state index contributed by atoms with van der Waals surface area (Å²) in [6.45, 7) is 3.59. The zero-order chi connectivity index (χ0) is 23.1. The predicted octanol–water partition coefficient (Wildman–Crippen LogP) is 4.48. The fourth-order valence-corrected chi connectivity index (χ4v) is 3.96. The number of carbonyl (C=O) groups is 1. The predicted molar refractivity (Wildman–Crippen MR) is 128 cm³/mol. The highest BCUT2D eigenvalue weighted by Gasteiger charge is 2.18. The first-order valence-electron chi connectivity index (χ1n) is 10.6. The van der Waals surface area contributed by atoms with Gasteiger partial charge in [0.2, 0.25) is 5.91 Å². The number of nitrogens with zero attached hydrogens (tertiary/aromatic N) is 4. The lowest BCUT2D eigenvalue weighted by atomic mass is 10.0. The van der Waals surface area contributed by atoms with E-state index in [9.17, 15) is 9.59 Å². The normalized spacial score (nSPS) is 11.2. The van der Waals surface area contributed by atoms with Gasteiger partial charge in [0.15, 0.2) is 11.5 Å². The molecule has 5 rings (SSSR count). The van der Waals surface area contributed by atoms with Crippen LogP contribution in [0.2, 0.25) is 0 Å². The molecule has 7 heteroatoms. The molecule has 5 aromatic rings. The minimum Gasteiger partial charge on any atom is -0.441 e. The Kier molecular flexibility index (Phi) is 5.01. The van der Waals surface area contributed by atoms with Crippen LogP contribution in [0, 0.1) is 13.8 Å². The van der Waals surface area contributed by atoms with Crippen molar-refractivity contribution in [1.82, 2.24) is 14.8 Å². The van der Waals surface area contributed by atoms with Gasteiger partial charge < -0.3 is 9.32 Å². The van der Waals surface area contributed by atoms with E-state index in [4.69, 9.17) is 4.42 Å². The average molecular weight is 438 g/mol. The highest BCUT2D eigenvalue weighted by molar-refractivity contribution is 5.96. The number of likely N-dealkylation sites (N-methyl/N-ethyl adjacent to an activating group) is 1. The van der Waals surface area contributed by atoms with Crippen molar-refractivity contribution in [3.8, 4) is 11.3 Å². The minimum absolute atomic E-state index is 0.188. The van der Waals surface area contributed by atoms with E-state index in [0.717, 1.165) is 22.0 Å². The number of benzene rings is 3. The molecule has 0 unspecified atom stereocenters. The van der Waals surface area contributed by atoms with Crippen molar-refractivity contribution in [1.29, 1.82) is 0 Å². The fourth-order valence-electron chi connectivity index (χ4n) is 3.96. The molecule has 0 bridgehead atoms. The molecule has 0 aliphatic rings. The topological polar surface area (TPSA) is 81.2 Å². The van der Waals surface area contributed by atoms with Crippen LogP contribution in [0.5, 0.6) is 0 Å². The third kappa shape index (κ3) is 3.78. The number of carbonyl (C=O) groups excluding carboxylic acids is 1. The summed E-state index contributed by atoms with van der Waals surface area (Å²) in [6, 6.07) is 20.7. The maximum atomic E-state index is 13.2. The number of fused-ring (bicyclic) bond motifs is 2. The standard InChI is InChI=1S/C26H22N4O3/c1-16-7-6-8-18(13-16)25-20-9-4-5-10-21(20)26(32)30(28-25)15-24(31)29(3)19-11-12-22-23(14-19)33-17(2)27-22/h4-14H,15H2,1-3H3. The lowest BCUT2D eigenvalue weighted by Gasteiger charge is -2.18. The van der Waals surface area contributed by atoms with Gasteiger partial charge in [-0.3, -0.25) is 9.59 Å². The molecule has 0 fully saturated rings. The van der Waals surface area contributed by atoms with Crippen molar-refractivity contribution >= 4 is 33.5 Å². The SMILES string of the molecule is Cc1cccc(-c2nn(CC(=O)N(C)c3ccc4nc(C)oc4c3)c(=O)c3ccccc23)c1. The van der Waals surface area contributed by atoms with Gasteiger partial charge in [0.25, 0.3) is 5.56 Å². The summed E-state index contributed by atoms with van der Waals surface area (Å²) in [4.78, 5) is 32.1. The van der Waals surface area contributed by atoms with Crippen molar-refractivity contribution in [2.75, 3.05) is 11.9 Å². The van der Waals surface area contributed by atoms with E-state index < -0.39 is 0 Å². The van der Waals surface area contributed by atoms with Crippen LogP contribution in [0.3, 0.4) is 0 Å². The van der Waals surface area contributed by atoms with Gasteiger partial charge in [-0.1, -0.05) is 42.0 Å². The summed E-state index contributed by atoms with van der Waals surface area (Å²) >= 11 is 0. The summed E-state index contributed by atoms with van der Waals surface area (Å²) in [7, 11) is 1.67. The van der Waals surface area contributed by atoms with E-state index in [-0.39, 0.29) is 18.0 Å². The number of hydrogen-bond donors (Lipinski definition) is 0. The number of aromatic nitrogens is 3. The van der Waals surface area contributed by atoms with Crippen molar-refractivity contribution in [3.05, 3.63) is 88.5 Å². The summed E-state index contributed by atoms with van der Waals surface area (Å²) in [5.41, 5.74) is 4.33. The summed E-state index contributed by atoms with van der Waals surface area (Å²) in [6.07, 6.45) is 0. The van der Waals surface area contributed by atoms with Crippen molar-refractivity contribution in [2.24, 2.45) is 0 Å². The first-order valence-corrected chi connectivity index (χ1v) is 10.6. The Morgan fingerprint density at radius 2 is 1.79 bits per heavy atom. The summed E-state index contributed by atoms with van der Waals surface area (Å²) < 4.78 is 6.83. The van der Waals surface area contributed by atoms with Crippen LogP contribution < -0.4 is 10.5 Å². The molecule has 33 heavy (non-hydrogen) atoms. The third-order valence-electron chi connectivity index (χ3n) is 5.68. The molecule has 0 radical (unpaired) electrons. The van der Waals surface area contributed by atoms with Crippen LogP contribution in [0.1, 0.15) is 11.5 Å². The number of rotatable bonds is 4. The molecule has 0 atom stereocenters. The Bertz CT molecular complexity index is 1580. The average Bonchev–Trinajstić information content (AvgIpc) is 3.19. The molecule has 0 spiro atoms. The molecule has 0 saturated carbocycles. The van der Waals surface area contributed by atoms with Crippen LogP contribution in [0.4, 0.5) is 5.69 Å². The second-order valence-electron chi connectivity index (χ2n) is 8.06. The van der Waals surface area contributed by atoms with E-state index in [2.05, 4.69) is 10.1 Å². The first kappa shape index (κ1) is 20.6. The molecule has 7 nitrogen and oxygen atoms in total. The molecular formula is C26H22N4O3. The molecule has 0 saturated heterocycles. The molecule has 0 N–H and O–H groups in total. The highest BCUT2D eigenvalue weighted by Crippen LogP contribution is 2.26. The fraction of sp³-hybridized carbons (Fsp3) is 0.154. The van der Waals surface area contributed by atoms with E-state index in [0.29, 0.717) is 28.2 Å². The molecule has 2 heterocycles. The molecular weight excluding hydrogens is 416 g/mol. The van der Waals surface area contributed by atoms with Crippen LogP contribution in [0.25, 0.3) is 33.1 Å². The van der Waals surface area contributed by atoms with Crippen molar-refractivity contribution in [2.45, 2.75) is 20.4 Å². The number of hydrogen-bond acceptors (Lipinski definition) is 5. The van der Waals surface area contributed by atoms with Gasteiger partial charge in [-0.05, 0) is 31.2 Å². The van der Waals surface area contributed by atoms with Gasteiger partial charge in [0, 0.05) is 36.7 Å². The number of amides is 1. The number of aryl methyl sites for hydroxylation is 2. The smallest absolute Gasteiger partial charge is 0.275 e. The van der Waals surface area contributed by atoms with Crippen molar-refractivity contribution < 1.29 is 9.21 Å². The summed E-state index contributed by atoms with van der Waals surface area (Å²) in [5.74, 6) is 0.289. The van der Waals surface area contributed by atoms with Gasteiger partial charge in [0.05, 0.1) is 11.1 Å². The zero-order valence-electron chi connectivity index (χ0n) is 18.6. The van der Waals surface area contributed by atoms with Gasteiger partial charge in [-0.15, -0.1) is 0 Å². The maximum Gasteiger partial charge on any atom is 0.275 e. The van der Waals surface area contributed by atoms with Gasteiger partial charge in [-0.2, -0.15) is 5.10 Å². The summed E-state index contributed by atoms with van der Waals surface area (Å²) in [5, 5.41) is 5.90. The van der Waals surface area contributed by atoms with Crippen LogP contribution >= 0.6 is 0 Å². The number of oxazole rings is 1. The third-order valence-corrected chi connectivity index (χ3v) is 5.68. The first-order chi connectivity index (χ1) is 15.9. The van der Waals surface area contributed by atoms with Gasteiger partial charge >= 0.3 is 0 Å². The molecule has 0 aliphatic carbocycles. The monoisotopic (exact) mass is 438 g/mol. The van der Waals surface area contributed by atoms with Crippen molar-refractivity contribution in [3.63, 3.8) is 0 Å². The van der Waals surface area contributed by atoms with E-state index in [1.54, 1.807) is 38.2 Å². The Morgan fingerprint density at radius 3 is 2.58 bits per heavy atom. The lowest BCUT2D eigenvalue weighted by molar-refractivity contribution is -0.119. The molecule has 3 aromatic carbocycles. The maximum absolute atomic E-state index is 13.2. The quantitative estimate of drug-likeness (QED) is 0.413. The van der Waals surface area contributed by atoms with Crippen LogP contribution in [0.15, 0.2) is 75.9 Å². The number of anilines is 1. The molecule has 164 valence electrons. The van der Waals surface area contributed by atoms with Crippen LogP contribution in [-0.2, 0) is 11.3 Å². The zero-order valence-corrected chi connectivity index (χ0v) is 18.6. The van der Waals surface area contributed by atoms with Gasteiger partial charge in [-0.25, -0.2) is 9.67 Å².